The predicted molar refractivity (Wildman–Crippen MR) is 51.4 cm³/mol. The molecule has 1 rings (SSSR count). The monoisotopic (exact) mass is 186 g/mol. The van der Waals surface area contributed by atoms with E-state index in [-0.39, 0.29) is 4.87 Å². The number of hydrogen-bond acceptors (Lipinski definition) is 1. The first-order valence-electron chi connectivity index (χ1n) is 4.37. The first-order chi connectivity index (χ1) is 5.54. The molecule has 0 amide bonds. The number of carbonyl (C=O) groups excluding carboxylic acids is 1. The molecule has 12 heavy (non-hydrogen) atoms. The fraction of sp³-hybridized carbons (Fsp3) is 0.700. The summed E-state index contributed by atoms with van der Waals surface area (Å²) in [4.78, 5) is 10.3. The Morgan fingerprint density at radius 2 is 2.33 bits per heavy atom. The third-order valence-electron chi connectivity index (χ3n) is 2.57. The predicted octanol–water partition coefficient (Wildman–Crippen LogP) is 2.93. The molecule has 0 N–H and O–H groups in total. The van der Waals surface area contributed by atoms with Crippen LogP contribution in [-0.4, -0.2) is 11.2 Å². The fourth-order valence-corrected chi connectivity index (χ4v) is 1.78. The smallest absolute Gasteiger partial charge is 0.145 e. The van der Waals surface area contributed by atoms with Crippen LogP contribution < -0.4 is 0 Å². The molecule has 0 saturated heterocycles. The van der Waals surface area contributed by atoms with Gasteiger partial charge in [-0.3, -0.25) is 4.79 Å². The molecule has 0 radical (unpaired) electrons. The van der Waals surface area contributed by atoms with Gasteiger partial charge in [-0.1, -0.05) is 6.08 Å². The Morgan fingerprint density at radius 3 is 2.67 bits per heavy atom. The molecule has 0 heterocycles. The minimum absolute atomic E-state index is 0.134. The zero-order valence-corrected chi connectivity index (χ0v) is 8.40. The van der Waals surface area contributed by atoms with Gasteiger partial charge in [0.05, 0.1) is 0 Å². The highest BCUT2D eigenvalue weighted by molar-refractivity contribution is 6.23. The average molecular weight is 187 g/mol. The van der Waals surface area contributed by atoms with E-state index < -0.39 is 0 Å². The van der Waals surface area contributed by atoms with Gasteiger partial charge in [0.1, 0.15) is 6.29 Å². The van der Waals surface area contributed by atoms with Crippen LogP contribution in [0.25, 0.3) is 0 Å². The van der Waals surface area contributed by atoms with Crippen molar-refractivity contribution in [1.29, 1.82) is 0 Å². The summed E-state index contributed by atoms with van der Waals surface area (Å²) in [6.45, 7) is 4.08. The molecular weight excluding hydrogens is 172 g/mol. The summed E-state index contributed by atoms with van der Waals surface area (Å²) in [6.07, 6.45) is 5.86. The highest BCUT2D eigenvalue weighted by Crippen LogP contribution is 2.35. The van der Waals surface area contributed by atoms with Gasteiger partial charge in [0.15, 0.2) is 0 Å². The number of halogens is 1. The van der Waals surface area contributed by atoms with Crippen LogP contribution in [0.4, 0.5) is 0 Å². The van der Waals surface area contributed by atoms with E-state index in [4.69, 9.17) is 11.6 Å². The number of allylic oxidation sites excluding steroid dienone is 2. The van der Waals surface area contributed by atoms with Gasteiger partial charge in [-0.25, -0.2) is 0 Å². The Hall–Kier alpha value is -0.300. The van der Waals surface area contributed by atoms with Gasteiger partial charge in [0.25, 0.3) is 0 Å². The lowest BCUT2D eigenvalue weighted by Crippen LogP contribution is -2.26. The highest BCUT2D eigenvalue weighted by Gasteiger charge is 2.27. The van der Waals surface area contributed by atoms with Crippen LogP contribution >= 0.6 is 11.6 Å². The van der Waals surface area contributed by atoms with E-state index in [1.807, 2.05) is 19.9 Å². The van der Waals surface area contributed by atoms with E-state index in [2.05, 4.69) is 0 Å². The Kier molecular flexibility index (Phi) is 2.94. The lowest BCUT2D eigenvalue weighted by Gasteiger charge is -2.30. The van der Waals surface area contributed by atoms with Crippen molar-refractivity contribution in [2.24, 2.45) is 5.92 Å². The SMILES string of the molecule is CC(C)(Cl)C1CC=C(C=O)CC1. The Bertz CT molecular complexity index is 200. The summed E-state index contributed by atoms with van der Waals surface area (Å²) >= 11 is 6.19. The first-order valence-corrected chi connectivity index (χ1v) is 4.75. The lowest BCUT2D eigenvalue weighted by atomic mass is 9.82. The van der Waals surface area contributed by atoms with Gasteiger partial charge in [-0.2, -0.15) is 0 Å². The topological polar surface area (TPSA) is 17.1 Å². The molecule has 0 aromatic rings. The molecule has 0 fully saturated rings. The second-order valence-electron chi connectivity index (χ2n) is 3.93. The third kappa shape index (κ3) is 2.34. The van der Waals surface area contributed by atoms with Crippen molar-refractivity contribution in [3.63, 3.8) is 0 Å². The van der Waals surface area contributed by atoms with Crippen molar-refractivity contribution in [2.45, 2.75) is 38.0 Å². The molecule has 1 nitrogen and oxygen atoms in total. The summed E-state index contributed by atoms with van der Waals surface area (Å²) in [5.41, 5.74) is 0.937. The van der Waals surface area contributed by atoms with Gasteiger partial charge >= 0.3 is 0 Å². The standard InChI is InChI=1S/C10H15ClO/c1-10(2,11)9-5-3-8(7-12)4-6-9/h3,7,9H,4-6H2,1-2H3. The van der Waals surface area contributed by atoms with E-state index >= 15 is 0 Å². The first kappa shape index (κ1) is 9.79. The van der Waals surface area contributed by atoms with Gasteiger partial charge in [0.2, 0.25) is 0 Å². The molecule has 0 aromatic heterocycles. The molecule has 0 saturated carbocycles. The van der Waals surface area contributed by atoms with Crippen molar-refractivity contribution in [1.82, 2.24) is 0 Å². The average Bonchev–Trinajstić information content (AvgIpc) is 2.03. The van der Waals surface area contributed by atoms with Crippen molar-refractivity contribution in [3.05, 3.63) is 11.6 Å². The number of hydrogen-bond donors (Lipinski definition) is 0. The highest BCUT2D eigenvalue weighted by atomic mass is 35.5. The van der Waals surface area contributed by atoms with Gasteiger partial charge in [-0.05, 0) is 44.6 Å². The summed E-state index contributed by atoms with van der Waals surface area (Å²) in [5, 5.41) is 0. The van der Waals surface area contributed by atoms with E-state index in [9.17, 15) is 4.79 Å². The molecule has 0 bridgehead atoms. The van der Waals surface area contributed by atoms with Crippen LogP contribution in [0.3, 0.4) is 0 Å². The van der Waals surface area contributed by atoms with Crippen LogP contribution in [0.5, 0.6) is 0 Å². The van der Waals surface area contributed by atoms with Gasteiger partial charge < -0.3 is 0 Å². The Labute approximate surface area is 78.8 Å². The second kappa shape index (κ2) is 3.61. The molecule has 1 unspecified atom stereocenters. The number of alkyl halides is 1. The van der Waals surface area contributed by atoms with E-state index in [0.29, 0.717) is 5.92 Å². The largest absolute Gasteiger partial charge is 0.298 e. The molecule has 1 atom stereocenters. The van der Waals surface area contributed by atoms with Crippen LogP contribution in [0, 0.1) is 5.92 Å². The minimum atomic E-state index is -0.134. The van der Waals surface area contributed by atoms with Crippen molar-refractivity contribution in [3.8, 4) is 0 Å². The number of rotatable bonds is 2. The number of aldehydes is 1. The molecule has 1 aliphatic rings. The van der Waals surface area contributed by atoms with E-state index in [0.717, 1.165) is 31.1 Å². The van der Waals surface area contributed by atoms with E-state index in [1.165, 1.54) is 0 Å². The third-order valence-corrected chi connectivity index (χ3v) is 2.88. The number of carbonyl (C=O) groups is 1. The summed E-state index contributed by atoms with van der Waals surface area (Å²) in [5.74, 6) is 0.517. The lowest BCUT2D eigenvalue weighted by molar-refractivity contribution is -0.105. The molecule has 0 aliphatic heterocycles. The van der Waals surface area contributed by atoms with Crippen molar-refractivity contribution in [2.75, 3.05) is 0 Å². The quantitative estimate of drug-likeness (QED) is 0.479. The molecule has 0 spiro atoms. The molecular formula is C10H15ClO. The van der Waals surface area contributed by atoms with Gasteiger partial charge in [0, 0.05) is 4.87 Å². The minimum Gasteiger partial charge on any atom is -0.298 e. The second-order valence-corrected chi connectivity index (χ2v) is 4.91. The molecule has 1 aliphatic carbocycles. The normalized spacial score (nSPS) is 24.9. The van der Waals surface area contributed by atoms with Crippen LogP contribution in [-0.2, 0) is 4.79 Å². The van der Waals surface area contributed by atoms with Crippen molar-refractivity contribution >= 4 is 17.9 Å². The zero-order valence-electron chi connectivity index (χ0n) is 7.64. The van der Waals surface area contributed by atoms with Crippen LogP contribution in [0.2, 0.25) is 0 Å². The zero-order chi connectivity index (χ0) is 9.19. The van der Waals surface area contributed by atoms with Crippen molar-refractivity contribution < 1.29 is 4.79 Å². The Morgan fingerprint density at radius 1 is 1.67 bits per heavy atom. The maximum absolute atomic E-state index is 10.4. The summed E-state index contributed by atoms with van der Waals surface area (Å²) in [6, 6.07) is 0. The summed E-state index contributed by atoms with van der Waals surface area (Å²) in [7, 11) is 0. The fourth-order valence-electron chi connectivity index (χ4n) is 1.58. The van der Waals surface area contributed by atoms with E-state index in [1.54, 1.807) is 0 Å². The maximum Gasteiger partial charge on any atom is 0.145 e. The van der Waals surface area contributed by atoms with Crippen LogP contribution in [0.15, 0.2) is 11.6 Å². The van der Waals surface area contributed by atoms with Gasteiger partial charge in [-0.15, -0.1) is 11.6 Å². The Balaban J connectivity index is 2.57. The maximum atomic E-state index is 10.4. The molecule has 0 aromatic carbocycles. The molecule has 68 valence electrons. The molecule has 2 heteroatoms. The van der Waals surface area contributed by atoms with Crippen LogP contribution in [0.1, 0.15) is 33.1 Å². The summed E-state index contributed by atoms with van der Waals surface area (Å²) < 4.78 is 0.